The van der Waals surface area contributed by atoms with Gasteiger partial charge in [0, 0.05) is 24.2 Å². The maximum absolute atomic E-state index is 13.4. The van der Waals surface area contributed by atoms with E-state index in [-0.39, 0.29) is 41.1 Å². The van der Waals surface area contributed by atoms with Crippen molar-refractivity contribution in [3.63, 3.8) is 0 Å². The number of benzene rings is 2. The number of aliphatic hydroxyl groups is 1. The number of nitrogens with zero attached hydrogens (tertiary/aromatic N) is 1. The minimum atomic E-state index is -6.06. The first-order chi connectivity index (χ1) is 18.8. The Labute approximate surface area is 232 Å². The third-order valence-corrected chi connectivity index (χ3v) is 9.00. The number of alkyl halides is 6. The summed E-state index contributed by atoms with van der Waals surface area (Å²) < 4.78 is 105. The molecule has 0 saturated heterocycles. The first-order valence-corrected chi connectivity index (χ1v) is 14.4. The van der Waals surface area contributed by atoms with Gasteiger partial charge in [-0.1, -0.05) is 32.0 Å². The van der Waals surface area contributed by atoms with E-state index in [2.05, 4.69) is 5.32 Å². The Morgan fingerprint density at radius 3 is 2.10 bits per heavy atom. The summed E-state index contributed by atoms with van der Waals surface area (Å²) in [5, 5.41) is 12.0. The molecule has 0 bridgehead atoms. The fourth-order valence-corrected chi connectivity index (χ4v) is 6.53. The van der Waals surface area contributed by atoms with Crippen molar-refractivity contribution in [2.45, 2.75) is 68.5 Å². The largest absolute Gasteiger partial charge is 0.430 e. The highest BCUT2D eigenvalue weighted by Crippen LogP contribution is 2.50. The lowest BCUT2D eigenvalue weighted by molar-refractivity contribution is -0.376. The van der Waals surface area contributed by atoms with Crippen LogP contribution in [0.5, 0.6) is 0 Å². The van der Waals surface area contributed by atoms with Gasteiger partial charge in [0.1, 0.15) is 6.04 Å². The molecule has 1 fully saturated rings. The standard InChI is InChI=1S/C27H28F6N2O5S/c1-15(2)11-22(36)35-13-17-12-20(41(39,40)14-16-3-4-16)9-10-21(17)23(35)24(37)34-19-7-5-18(6-8-19)25(38,26(28,29)30)27(31,32)33/h5-10,12,15-16,23,38H,3-4,11,13-14H2,1-2H3,(H,34,37). The molecule has 1 atom stereocenters. The second kappa shape index (κ2) is 10.6. The van der Waals surface area contributed by atoms with Crippen LogP contribution in [0, 0.1) is 11.8 Å². The summed E-state index contributed by atoms with van der Waals surface area (Å²) in [6.07, 6.45) is -10.4. The van der Waals surface area contributed by atoms with Crippen LogP contribution >= 0.6 is 0 Å². The van der Waals surface area contributed by atoms with Gasteiger partial charge in [-0.05, 0) is 60.1 Å². The van der Waals surface area contributed by atoms with Gasteiger partial charge in [0.2, 0.25) is 5.91 Å². The maximum Gasteiger partial charge on any atom is 0.430 e. The summed E-state index contributed by atoms with van der Waals surface area (Å²) in [5.41, 5.74) is -6.00. The highest BCUT2D eigenvalue weighted by Gasteiger charge is 2.71. The second-order valence-corrected chi connectivity index (χ2v) is 12.9. The smallest absolute Gasteiger partial charge is 0.369 e. The van der Waals surface area contributed by atoms with E-state index >= 15 is 0 Å². The van der Waals surface area contributed by atoms with E-state index in [0.29, 0.717) is 23.3 Å². The van der Waals surface area contributed by atoms with Crippen molar-refractivity contribution in [1.29, 1.82) is 0 Å². The van der Waals surface area contributed by atoms with Crippen molar-refractivity contribution in [2.24, 2.45) is 11.8 Å². The number of halogens is 6. The molecule has 0 aromatic heterocycles. The molecule has 1 heterocycles. The van der Waals surface area contributed by atoms with Gasteiger partial charge in [-0.15, -0.1) is 0 Å². The average Bonchev–Trinajstić information content (AvgIpc) is 3.56. The summed E-state index contributed by atoms with van der Waals surface area (Å²) in [4.78, 5) is 27.8. The molecule has 1 saturated carbocycles. The van der Waals surface area contributed by atoms with Gasteiger partial charge in [-0.3, -0.25) is 9.59 Å². The molecule has 2 aliphatic rings. The van der Waals surface area contributed by atoms with Crippen molar-refractivity contribution >= 4 is 27.3 Å². The lowest BCUT2D eigenvalue weighted by Gasteiger charge is -2.32. The van der Waals surface area contributed by atoms with E-state index in [1.807, 2.05) is 0 Å². The molecule has 2 aromatic rings. The van der Waals surface area contributed by atoms with Crippen LogP contribution in [-0.4, -0.2) is 48.3 Å². The molecule has 2 amide bonds. The molecule has 0 spiro atoms. The summed E-state index contributed by atoms with van der Waals surface area (Å²) in [7, 11) is -3.58. The number of hydrogen-bond acceptors (Lipinski definition) is 5. The van der Waals surface area contributed by atoms with Crippen LogP contribution in [0.25, 0.3) is 0 Å². The van der Waals surface area contributed by atoms with Gasteiger partial charge in [0.25, 0.3) is 11.5 Å². The molecule has 14 heteroatoms. The molecule has 0 radical (unpaired) electrons. The molecule has 1 aliphatic carbocycles. The molecule has 2 N–H and O–H groups in total. The van der Waals surface area contributed by atoms with Gasteiger partial charge in [-0.2, -0.15) is 26.3 Å². The van der Waals surface area contributed by atoms with Crippen molar-refractivity contribution in [2.75, 3.05) is 11.1 Å². The number of fused-ring (bicyclic) bond motifs is 1. The second-order valence-electron chi connectivity index (χ2n) is 10.9. The Morgan fingerprint density at radius 2 is 1.59 bits per heavy atom. The van der Waals surface area contributed by atoms with Crippen molar-refractivity contribution in [3.8, 4) is 0 Å². The lowest BCUT2D eigenvalue weighted by atomic mass is 9.92. The highest BCUT2D eigenvalue weighted by molar-refractivity contribution is 7.91. The normalized spacial score (nSPS) is 18.0. The topological polar surface area (TPSA) is 104 Å². The molecular weight excluding hydrogens is 578 g/mol. The number of rotatable bonds is 8. The number of hydrogen-bond donors (Lipinski definition) is 2. The predicted octanol–water partition coefficient (Wildman–Crippen LogP) is 5.25. The van der Waals surface area contributed by atoms with Gasteiger partial charge >= 0.3 is 12.4 Å². The van der Waals surface area contributed by atoms with Crippen LogP contribution in [0.2, 0.25) is 0 Å². The van der Waals surface area contributed by atoms with Crippen molar-refractivity contribution in [1.82, 2.24) is 4.90 Å². The van der Waals surface area contributed by atoms with E-state index in [0.717, 1.165) is 25.0 Å². The Kier molecular flexibility index (Phi) is 7.97. The minimum absolute atomic E-state index is 0.000502. The number of carbonyl (C=O) groups excluding carboxylic acids is 2. The summed E-state index contributed by atoms with van der Waals surface area (Å²) in [6.45, 7) is 3.53. The van der Waals surface area contributed by atoms with E-state index in [9.17, 15) is 49.5 Å². The quantitative estimate of drug-likeness (QED) is 0.400. The van der Waals surface area contributed by atoms with Crippen LogP contribution in [0.4, 0.5) is 32.0 Å². The van der Waals surface area contributed by atoms with Crippen LogP contribution in [0.15, 0.2) is 47.4 Å². The highest BCUT2D eigenvalue weighted by atomic mass is 32.2. The van der Waals surface area contributed by atoms with Gasteiger partial charge in [0.15, 0.2) is 9.84 Å². The molecular formula is C27H28F6N2O5S. The van der Waals surface area contributed by atoms with E-state index in [1.165, 1.54) is 23.1 Å². The third-order valence-electron chi connectivity index (χ3n) is 7.11. The monoisotopic (exact) mass is 606 g/mol. The maximum atomic E-state index is 13.4. The summed E-state index contributed by atoms with van der Waals surface area (Å²) in [5.74, 6) is -1.17. The van der Waals surface area contributed by atoms with Crippen LogP contribution < -0.4 is 5.32 Å². The zero-order valence-corrected chi connectivity index (χ0v) is 22.8. The van der Waals surface area contributed by atoms with Crippen LogP contribution in [-0.2, 0) is 31.6 Å². The summed E-state index contributed by atoms with van der Waals surface area (Å²) >= 11 is 0. The molecule has 1 unspecified atom stereocenters. The Morgan fingerprint density at radius 1 is 1.00 bits per heavy atom. The zero-order valence-electron chi connectivity index (χ0n) is 22.0. The molecule has 2 aromatic carbocycles. The van der Waals surface area contributed by atoms with E-state index in [1.54, 1.807) is 13.8 Å². The Hall–Kier alpha value is -3.13. The SMILES string of the molecule is CC(C)CC(=O)N1Cc2cc(S(=O)(=O)CC3CC3)ccc2C1C(=O)Nc1ccc(C(O)(C(F)(F)F)C(F)(F)F)cc1. The van der Waals surface area contributed by atoms with E-state index < -0.39 is 51.2 Å². The van der Waals surface area contributed by atoms with Gasteiger partial charge in [0.05, 0.1) is 10.6 Å². The summed E-state index contributed by atoms with van der Waals surface area (Å²) in [6, 6.07) is 5.36. The minimum Gasteiger partial charge on any atom is -0.369 e. The number of nitrogens with one attached hydrogen (secondary N) is 1. The first-order valence-electron chi connectivity index (χ1n) is 12.8. The van der Waals surface area contributed by atoms with Crippen molar-refractivity contribution in [3.05, 3.63) is 59.2 Å². The lowest BCUT2D eigenvalue weighted by Crippen LogP contribution is -2.53. The molecule has 41 heavy (non-hydrogen) atoms. The number of anilines is 1. The van der Waals surface area contributed by atoms with Gasteiger partial charge in [-0.25, -0.2) is 8.42 Å². The fourth-order valence-electron chi connectivity index (χ4n) is 4.79. The Balaban J connectivity index is 1.63. The predicted molar refractivity (Wildman–Crippen MR) is 135 cm³/mol. The van der Waals surface area contributed by atoms with E-state index in [4.69, 9.17) is 0 Å². The Bertz CT molecular complexity index is 1420. The number of carbonyl (C=O) groups is 2. The van der Waals surface area contributed by atoms with Gasteiger partial charge < -0.3 is 15.3 Å². The van der Waals surface area contributed by atoms with Crippen molar-refractivity contribution < 1.29 is 49.5 Å². The molecule has 224 valence electrons. The third kappa shape index (κ3) is 6.08. The first kappa shape index (κ1) is 30.8. The molecule has 7 nitrogen and oxygen atoms in total. The number of sulfone groups is 1. The number of amides is 2. The van der Waals surface area contributed by atoms with Crippen LogP contribution in [0.3, 0.4) is 0 Å². The molecule has 1 aliphatic heterocycles. The fraction of sp³-hybridized carbons (Fsp3) is 0.481. The average molecular weight is 607 g/mol. The van der Waals surface area contributed by atoms with Crippen LogP contribution in [0.1, 0.15) is 55.8 Å². The molecule has 4 rings (SSSR count). The zero-order chi connectivity index (χ0) is 30.5.